The molecule has 0 N–H and O–H groups in total. The number of ether oxygens (including phenoxy) is 1. The number of ketones is 1. The number of methoxy groups -OCH3 is 1. The van der Waals surface area contributed by atoms with Crippen molar-refractivity contribution in [1.29, 1.82) is 0 Å². The maximum atomic E-state index is 10.7. The van der Waals surface area contributed by atoms with Crippen LogP contribution in [0, 0.1) is 0 Å². The number of carbonyl (C=O) groups is 2. The van der Waals surface area contributed by atoms with Gasteiger partial charge in [0.2, 0.25) is 0 Å². The molecule has 68 valence electrons. The second-order valence-corrected chi connectivity index (χ2v) is 2.62. The molecular weight excluding hydrogens is 180 g/mol. The lowest BCUT2D eigenvalue weighted by molar-refractivity contribution is -0.139. The summed E-state index contributed by atoms with van der Waals surface area (Å²) in [4.78, 5) is 21.4. The van der Waals surface area contributed by atoms with Gasteiger partial charge >= 0.3 is 5.97 Å². The van der Waals surface area contributed by atoms with Gasteiger partial charge in [-0.15, -0.1) is 11.6 Å². The third kappa shape index (κ3) is 4.91. The largest absolute Gasteiger partial charge is 0.469 e. The van der Waals surface area contributed by atoms with Crippen LogP contribution in [0.25, 0.3) is 0 Å². The minimum absolute atomic E-state index is 0.0415. The average molecular weight is 191 g/mol. The molecule has 4 heteroatoms. The molecule has 0 fully saturated rings. The third-order valence-electron chi connectivity index (χ3n) is 1.22. The highest BCUT2D eigenvalue weighted by Crippen LogP contribution is 2.06. The number of carbonyl (C=O) groups excluding carboxylic acids is 2. The molecule has 0 radical (unpaired) electrons. The van der Waals surface area contributed by atoms with E-state index >= 15 is 0 Å². The lowest BCUT2D eigenvalue weighted by Gasteiger charge is -2.01. The number of rotatable bonds is 5. The minimum atomic E-state index is -0.387. The van der Waals surface area contributed by atoms with Gasteiger partial charge in [-0.25, -0.2) is 0 Å². The van der Waals surface area contributed by atoms with E-state index in [9.17, 15) is 9.59 Å². The van der Waals surface area contributed by atoms with Crippen molar-refractivity contribution in [2.45, 2.75) is 12.8 Å². The van der Waals surface area contributed by atoms with Crippen LogP contribution in [0.15, 0.2) is 12.2 Å². The molecule has 0 saturated carbocycles. The summed E-state index contributed by atoms with van der Waals surface area (Å²) in [5.74, 6) is -0.562. The zero-order chi connectivity index (χ0) is 9.56. The van der Waals surface area contributed by atoms with Gasteiger partial charge in [0.25, 0.3) is 0 Å². The summed E-state index contributed by atoms with van der Waals surface area (Å²) >= 11 is 5.26. The van der Waals surface area contributed by atoms with Crippen LogP contribution in [0.5, 0.6) is 0 Å². The van der Waals surface area contributed by atoms with Crippen molar-refractivity contribution in [2.24, 2.45) is 0 Å². The Bertz CT molecular complexity index is 178. The number of halogens is 1. The van der Waals surface area contributed by atoms with Gasteiger partial charge in [-0.05, 0) is 0 Å². The highest BCUT2D eigenvalue weighted by molar-refractivity contribution is 6.27. The molecule has 0 aromatic rings. The Morgan fingerprint density at radius 3 is 2.42 bits per heavy atom. The van der Waals surface area contributed by atoms with Crippen molar-refractivity contribution in [3.05, 3.63) is 12.2 Å². The van der Waals surface area contributed by atoms with Crippen molar-refractivity contribution in [3.63, 3.8) is 0 Å². The molecule has 0 amide bonds. The number of esters is 1. The van der Waals surface area contributed by atoms with E-state index in [1.165, 1.54) is 7.11 Å². The zero-order valence-corrected chi connectivity index (χ0v) is 7.69. The molecule has 0 atom stereocenters. The molecule has 0 heterocycles. The third-order valence-corrected chi connectivity index (χ3v) is 1.52. The summed E-state index contributed by atoms with van der Waals surface area (Å²) in [7, 11) is 1.29. The minimum Gasteiger partial charge on any atom is -0.469 e. The second-order valence-electron chi connectivity index (χ2n) is 2.35. The summed E-state index contributed by atoms with van der Waals surface area (Å²) in [6.07, 6.45) is 0.234. The van der Waals surface area contributed by atoms with Crippen molar-refractivity contribution in [2.75, 3.05) is 13.0 Å². The highest BCUT2D eigenvalue weighted by Gasteiger charge is 2.07. The van der Waals surface area contributed by atoms with Crippen LogP contribution in [0.2, 0.25) is 0 Å². The Labute approximate surface area is 76.3 Å². The van der Waals surface area contributed by atoms with E-state index in [1.807, 2.05) is 0 Å². The molecule has 0 aliphatic rings. The maximum absolute atomic E-state index is 10.7. The van der Waals surface area contributed by atoms with E-state index in [-0.39, 0.29) is 30.5 Å². The van der Waals surface area contributed by atoms with E-state index < -0.39 is 0 Å². The molecule has 0 bridgehead atoms. The van der Waals surface area contributed by atoms with Gasteiger partial charge < -0.3 is 4.74 Å². The van der Waals surface area contributed by atoms with Gasteiger partial charge in [-0.1, -0.05) is 12.2 Å². The predicted molar refractivity (Wildman–Crippen MR) is 46.1 cm³/mol. The molecule has 0 aromatic heterocycles. The maximum Gasteiger partial charge on any atom is 0.309 e. The molecule has 0 aliphatic carbocycles. The molecule has 0 aliphatic heterocycles. The van der Waals surface area contributed by atoms with Crippen molar-refractivity contribution in [1.82, 2.24) is 0 Å². The Hall–Kier alpha value is -0.830. The Kier molecular flexibility index (Phi) is 5.37. The summed E-state index contributed by atoms with van der Waals surface area (Å²) in [6, 6.07) is 0. The van der Waals surface area contributed by atoms with E-state index in [1.54, 1.807) is 0 Å². The standard InChI is InChI=1S/C8H11ClO3/c1-6(3-7(10)5-9)4-8(11)12-2/h1,3-5H2,2H3. The quantitative estimate of drug-likeness (QED) is 0.373. The van der Waals surface area contributed by atoms with Crippen LogP contribution >= 0.6 is 11.6 Å². The van der Waals surface area contributed by atoms with Gasteiger partial charge in [0.1, 0.15) is 0 Å². The monoisotopic (exact) mass is 190 g/mol. The summed E-state index contributed by atoms with van der Waals surface area (Å²) in [6.45, 7) is 3.55. The Morgan fingerprint density at radius 2 is 2.00 bits per heavy atom. The first kappa shape index (κ1) is 11.2. The fourth-order valence-electron chi connectivity index (χ4n) is 0.665. The Morgan fingerprint density at radius 1 is 1.42 bits per heavy atom. The fraction of sp³-hybridized carbons (Fsp3) is 0.500. The van der Waals surface area contributed by atoms with Crippen LogP contribution in [0.1, 0.15) is 12.8 Å². The van der Waals surface area contributed by atoms with Crippen LogP contribution in [0.3, 0.4) is 0 Å². The SMILES string of the molecule is C=C(CC(=O)CCl)CC(=O)OC. The van der Waals surface area contributed by atoms with Crippen LogP contribution in [-0.4, -0.2) is 24.7 Å². The zero-order valence-electron chi connectivity index (χ0n) is 6.93. The van der Waals surface area contributed by atoms with Gasteiger partial charge in [-0.2, -0.15) is 0 Å². The van der Waals surface area contributed by atoms with E-state index in [2.05, 4.69) is 11.3 Å². The Balaban J connectivity index is 3.74. The van der Waals surface area contributed by atoms with Gasteiger partial charge in [0.05, 0.1) is 19.4 Å². The molecule has 0 unspecified atom stereocenters. The molecule has 3 nitrogen and oxygen atoms in total. The predicted octanol–water partition coefficient (Wildman–Crippen LogP) is 1.30. The highest BCUT2D eigenvalue weighted by atomic mass is 35.5. The summed E-state index contributed by atoms with van der Waals surface area (Å²) in [5, 5.41) is 0. The first-order valence-corrected chi connectivity index (χ1v) is 3.94. The van der Waals surface area contributed by atoms with Crippen molar-refractivity contribution in [3.8, 4) is 0 Å². The van der Waals surface area contributed by atoms with E-state index in [0.717, 1.165) is 0 Å². The normalized spacial score (nSPS) is 9.17. The van der Waals surface area contributed by atoms with Gasteiger partial charge in [0.15, 0.2) is 5.78 Å². The smallest absolute Gasteiger partial charge is 0.309 e. The van der Waals surface area contributed by atoms with Crippen LogP contribution in [-0.2, 0) is 14.3 Å². The number of hydrogen-bond acceptors (Lipinski definition) is 3. The summed E-state index contributed by atoms with van der Waals surface area (Å²) < 4.78 is 4.39. The first-order chi connectivity index (χ1) is 5.60. The topological polar surface area (TPSA) is 43.4 Å². The summed E-state index contributed by atoms with van der Waals surface area (Å²) in [5.41, 5.74) is 0.535. The molecule has 0 aromatic carbocycles. The average Bonchev–Trinajstić information content (AvgIpc) is 2.03. The molecule has 0 spiro atoms. The van der Waals surface area contributed by atoms with Crippen molar-refractivity contribution < 1.29 is 14.3 Å². The van der Waals surface area contributed by atoms with Gasteiger partial charge in [-0.3, -0.25) is 9.59 Å². The van der Waals surface area contributed by atoms with Gasteiger partial charge in [0, 0.05) is 6.42 Å². The van der Waals surface area contributed by atoms with E-state index in [0.29, 0.717) is 5.57 Å². The number of hydrogen-bond donors (Lipinski definition) is 0. The number of alkyl halides is 1. The van der Waals surface area contributed by atoms with Crippen LogP contribution in [0.4, 0.5) is 0 Å². The van der Waals surface area contributed by atoms with Crippen molar-refractivity contribution >= 4 is 23.4 Å². The lowest BCUT2D eigenvalue weighted by Crippen LogP contribution is -2.06. The second kappa shape index (κ2) is 5.77. The molecule has 12 heavy (non-hydrogen) atoms. The molecular formula is C8H11ClO3. The molecule has 0 rings (SSSR count). The lowest BCUT2D eigenvalue weighted by atomic mass is 10.1. The fourth-order valence-corrected chi connectivity index (χ4v) is 0.759. The van der Waals surface area contributed by atoms with E-state index in [4.69, 9.17) is 11.6 Å². The number of Topliss-reactive ketones (excluding diaryl/α,β-unsaturated/α-hetero) is 1. The first-order valence-electron chi connectivity index (χ1n) is 3.41. The van der Waals surface area contributed by atoms with Crippen LogP contribution < -0.4 is 0 Å². The molecule has 0 saturated heterocycles.